The van der Waals surface area contributed by atoms with Crippen molar-refractivity contribution in [1.29, 1.82) is 0 Å². The van der Waals surface area contributed by atoms with E-state index in [1.807, 2.05) is 14.0 Å². The summed E-state index contributed by atoms with van der Waals surface area (Å²) in [5.41, 5.74) is 0. The Kier molecular flexibility index (Phi) is 5.81. The summed E-state index contributed by atoms with van der Waals surface area (Å²) in [5.74, 6) is 0.801. The molecule has 94 valence electrons. The van der Waals surface area contributed by atoms with Crippen molar-refractivity contribution in [1.82, 2.24) is 10.6 Å². The zero-order chi connectivity index (χ0) is 12.0. The largest absolute Gasteiger partial charge is 0.352 e. The average Bonchev–Trinajstić information content (AvgIpc) is 2.56. The van der Waals surface area contributed by atoms with Gasteiger partial charge in [0.25, 0.3) is 0 Å². The first kappa shape index (κ1) is 13.5. The summed E-state index contributed by atoms with van der Waals surface area (Å²) in [7, 11) is 1.82. The number of rotatable bonds is 4. The van der Waals surface area contributed by atoms with Gasteiger partial charge in [-0.25, -0.2) is 0 Å². The molecule has 2 atom stereocenters. The molecule has 1 aliphatic carbocycles. The summed E-state index contributed by atoms with van der Waals surface area (Å²) in [5, 5.41) is 6.10. The fourth-order valence-corrected chi connectivity index (χ4v) is 2.41. The molecule has 0 spiro atoms. The molecule has 0 saturated heterocycles. The SMILES string of the molecule is CNC(C)C(=O)N[C@@H](C)C1CCCCCC1. The van der Waals surface area contributed by atoms with E-state index < -0.39 is 0 Å². The molecule has 1 fully saturated rings. The standard InChI is InChI=1S/C13H26N2O/c1-10(15-13(16)11(2)14-3)12-8-6-4-5-7-9-12/h10-12,14H,4-9H2,1-3H3,(H,15,16)/t10-,11?/m0/s1. The minimum atomic E-state index is -0.0896. The normalized spacial score (nSPS) is 22.2. The number of carbonyl (C=O) groups is 1. The van der Waals surface area contributed by atoms with E-state index in [0.29, 0.717) is 12.0 Å². The molecule has 16 heavy (non-hydrogen) atoms. The van der Waals surface area contributed by atoms with Crippen LogP contribution >= 0.6 is 0 Å². The molecule has 1 amide bonds. The lowest BCUT2D eigenvalue weighted by Gasteiger charge is -2.25. The van der Waals surface area contributed by atoms with Gasteiger partial charge in [-0.2, -0.15) is 0 Å². The molecule has 2 N–H and O–H groups in total. The molecule has 3 nitrogen and oxygen atoms in total. The lowest BCUT2D eigenvalue weighted by Crippen LogP contribution is -2.46. The van der Waals surface area contributed by atoms with Crippen molar-refractivity contribution < 1.29 is 4.79 Å². The maximum Gasteiger partial charge on any atom is 0.237 e. The minimum absolute atomic E-state index is 0.0896. The number of nitrogens with one attached hydrogen (secondary N) is 2. The summed E-state index contributed by atoms with van der Waals surface area (Å²) in [4.78, 5) is 11.7. The average molecular weight is 226 g/mol. The van der Waals surface area contributed by atoms with Crippen molar-refractivity contribution in [2.75, 3.05) is 7.05 Å². The van der Waals surface area contributed by atoms with Crippen LogP contribution in [0.2, 0.25) is 0 Å². The van der Waals surface area contributed by atoms with Crippen LogP contribution in [0.5, 0.6) is 0 Å². The molecular formula is C13H26N2O. The Hall–Kier alpha value is -0.570. The summed E-state index contributed by atoms with van der Waals surface area (Å²) < 4.78 is 0. The Morgan fingerprint density at radius 1 is 1.12 bits per heavy atom. The topological polar surface area (TPSA) is 41.1 Å². The van der Waals surface area contributed by atoms with Gasteiger partial charge >= 0.3 is 0 Å². The molecule has 0 bridgehead atoms. The van der Waals surface area contributed by atoms with Crippen molar-refractivity contribution >= 4 is 5.91 Å². The van der Waals surface area contributed by atoms with Crippen LogP contribution in [0.25, 0.3) is 0 Å². The lowest BCUT2D eigenvalue weighted by molar-refractivity contribution is -0.123. The highest BCUT2D eigenvalue weighted by molar-refractivity contribution is 5.81. The van der Waals surface area contributed by atoms with E-state index >= 15 is 0 Å². The first-order valence-corrected chi connectivity index (χ1v) is 6.62. The number of amides is 1. The number of hydrogen-bond acceptors (Lipinski definition) is 2. The van der Waals surface area contributed by atoms with Gasteiger partial charge in [0.15, 0.2) is 0 Å². The van der Waals surface area contributed by atoms with E-state index in [1.54, 1.807) is 0 Å². The first-order valence-electron chi connectivity index (χ1n) is 6.62. The molecule has 1 unspecified atom stereocenters. The van der Waals surface area contributed by atoms with Crippen molar-refractivity contribution in [3.8, 4) is 0 Å². The molecule has 0 aromatic carbocycles. The van der Waals surface area contributed by atoms with E-state index in [-0.39, 0.29) is 11.9 Å². The zero-order valence-corrected chi connectivity index (χ0v) is 10.9. The van der Waals surface area contributed by atoms with Gasteiger partial charge in [-0.3, -0.25) is 4.79 Å². The third kappa shape index (κ3) is 4.12. The summed E-state index contributed by atoms with van der Waals surface area (Å²) >= 11 is 0. The van der Waals surface area contributed by atoms with Crippen LogP contribution in [0, 0.1) is 5.92 Å². The fourth-order valence-electron chi connectivity index (χ4n) is 2.41. The van der Waals surface area contributed by atoms with Crippen LogP contribution in [0.3, 0.4) is 0 Å². The third-order valence-corrected chi connectivity index (χ3v) is 3.80. The molecule has 0 aromatic rings. The van der Waals surface area contributed by atoms with Gasteiger partial charge in [0.05, 0.1) is 6.04 Å². The Labute approximate surface area is 99.4 Å². The van der Waals surface area contributed by atoms with Gasteiger partial charge in [0.1, 0.15) is 0 Å². The molecule has 3 heteroatoms. The maximum absolute atomic E-state index is 11.7. The van der Waals surface area contributed by atoms with E-state index in [2.05, 4.69) is 17.6 Å². The minimum Gasteiger partial charge on any atom is -0.352 e. The summed E-state index contributed by atoms with van der Waals surface area (Å²) in [6.45, 7) is 4.05. The molecule has 1 saturated carbocycles. The third-order valence-electron chi connectivity index (χ3n) is 3.80. The number of carbonyl (C=O) groups excluding carboxylic acids is 1. The number of likely N-dealkylation sites (N-methyl/N-ethyl adjacent to an activating group) is 1. The van der Waals surface area contributed by atoms with Crippen molar-refractivity contribution in [3.63, 3.8) is 0 Å². The Balaban J connectivity index is 2.37. The van der Waals surface area contributed by atoms with Crippen LogP contribution in [0.15, 0.2) is 0 Å². The summed E-state index contributed by atoms with van der Waals surface area (Å²) in [6.07, 6.45) is 7.93. The van der Waals surface area contributed by atoms with Crippen LogP contribution < -0.4 is 10.6 Å². The second-order valence-electron chi connectivity index (χ2n) is 5.06. The summed E-state index contributed by atoms with van der Waals surface area (Å²) in [6, 6.07) is 0.231. The quantitative estimate of drug-likeness (QED) is 0.721. The predicted octanol–water partition coefficient (Wildman–Crippen LogP) is 2.07. The molecule has 1 aliphatic rings. The molecule has 0 aliphatic heterocycles. The first-order chi connectivity index (χ1) is 7.65. The van der Waals surface area contributed by atoms with E-state index in [9.17, 15) is 4.79 Å². The molecule has 0 aromatic heterocycles. The van der Waals surface area contributed by atoms with E-state index in [1.165, 1.54) is 38.5 Å². The monoisotopic (exact) mass is 226 g/mol. The van der Waals surface area contributed by atoms with Gasteiger partial charge < -0.3 is 10.6 Å². The maximum atomic E-state index is 11.7. The Morgan fingerprint density at radius 3 is 2.19 bits per heavy atom. The molecule has 0 radical (unpaired) electrons. The van der Waals surface area contributed by atoms with Gasteiger partial charge in [-0.15, -0.1) is 0 Å². The smallest absolute Gasteiger partial charge is 0.237 e. The molecule has 0 heterocycles. The van der Waals surface area contributed by atoms with Crippen molar-refractivity contribution in [2.45, 2.75) is 64.5 Å². The van der Waals surface area contributed by atoms with Gasteiger partial charge in [0, 0.05) is 6.04 Å². The van der Waals surface area contributed by atoms with E-state index in [0.717, 1.165) is 0 Å². The lowest BCUT2D eigenvalue weighted by atomic mass is 9.93. The highest BCUT2D eigenvalue weighted by atomic mass is 16.2. The molecule has 1 rings (SSSR count). The van der Waals surface area contributed by atoms with E-state index in [4.69, 9.17) is 0 Å². The predicted molar refractivity (Wildman–Crippen MR) is 67.3 cm³/mol. The van der Waals surface area contributed by atoms with Crippen LogP contribution in [0.1, 0.15) is 52.4 Å². The van der Waals surface area contributed by atoms with Gasteiger partial charge in [-0.05, 0) is 39.7 Å². The highest BCUT2D eigenvalue weighted by Gasteiger charge is 2.21. The van der Waals surface area contributed by atoms with Crippen LogP contribution in [-0.4, -0.2) is 25.0 Å². The van der Waals surface area contributed by atoms with Crippen molar-refractivity contribution in [3.05, 3.63) is 0 Å². The molecular weight excluding hydrogens is 200 g/mol. The Morgan fingerprint density at radius 2 is 1.69 bits per heavy atom. The zero-order valence-electron chi connectivity index (χ0n) is 10.9. The van der Waals surface area contributed by atoms with Crippen LogP contribution in [-0.2, 0) is 4.79 Å². The second kappa shape index (κ2) is 6.89. The van der Waals surface area contributed by atoms with Crippen molar-refractivity contribution in [2.24, 2.45) is 5.92 Å². The van der Waals surface area contributed by atoms with Gasteiger partial charge in [0.2, 0.25) is 5.91 Å². The fraction of sp³-hybridized carbons (Fsp3) is 0.923. The highest BCUT2D eigenvalue weighted by Crippen LogP contribution is 2.25. The Bertz CT molecular complexity index is 210. The number of hydrogen-bond donors (Lipinski definition) is 2. The van der Waals surface area contributed by atoms with Crippen LogP contribution in [0.4, 0.5) is 0 Å². The van der Waals surface area contributed by atoms with Gasteiger partial charge in [-0.1, -0.05) is 25.7 Å². The second-order valence-corrected chi connectivity index (χ2v) is 5.06.